The van der Waals surface area contributed by atoms with Crippen LogP contribution in [0, 0.1) is 12.8 Å². The molecule has 1 N–H and O–H groups in total. The summed E-state index contributed by atoms with van der Waals surface area (Å²) in [5.74, 6) is -1.08. The first-order valence-electron chi connectivity index (χ1n) is 11.1. The number of carboxylic acid groups (broad SMARTS) is 1. The molecule has 0 radical (unpaired) electrons. The maximum absolute atomic E-state index is 12.6. The molecule has 0 aliphatic carbocycles. The topological polar surface area (TPSA) is 59.3 Å². The Bertz CT molecular complexity index is 1040. The Morgan fingerprint density at radius 2 is 1.75 bits per heavy atom. The Kier molecular flexibility index (Phi) is 9.68. The predicted octanol–water partition coefficient (Wildman–Crippen LogP) is 6.22. The van der Waals surface area contributed by atoms with Crippen LogP contribution >= 0.6 is 0 Å². The third-order valence-electron chi connectivity index (χ3n) is 5.17. The van der Waals surface area contributed by atoms with Gasteiger partial charge in [0.15, 0.2) is 5.78 Å². The fraction of sp³-hybridized carbons (Fsp3) is 0.286. The summed E-state index contributed by atoms with van der Waals surface area (Å²) < 4.78 is 2.07. The predicted molar refractivity (Wildman–Crippen MR) is 131 cm³/mol. The maximum Gasteiger partial charge on any atom is 0.306 e. The highest BCUT2D eigenvalue weighted by Crippen LogP contribution is 2.14. The minimum absolute atomic E-state index is 0.110. The molecule has 0 saturated carbocycles. The third-order valence-corrected chi connectivity index (χ3v) is 5.17. The monoisotopic (exact) mass is 431 g/mol. The molecule has 32 heavy (non-hydrogen) atoms. The molecule has 1 unspecified atom stereocenters. The van der Waals surface area contributed by atoms with Crippen LogP contribution in [0.25, 0.3) is 6.08 Å². The molecule has 168 valence electrons. The second kappa shape index (κ2) is 12.5. The van der Waals surface area contributed by atoms with Crippen LogP contribution < -0.4 is 0 Å². The number of benzene rings is 2. The zero-order valence-corrected chi connectivity index (χ0v) is 19.4. The average Bonchev–Trinajstić information content (AvgIpc) is 3.22. The van der Waals surface area contributed by atoms with Crippen molar-refractivity contribution in [1.82, 2.24) is 4.57 Å². The SMILES string of the molecule is CC.Cc1ccc(C(=O)Cc2cccn2C/C=C/c2cccc(CC(C)C(=O)O)c2)cc1. The number of nitrogens with zero attached hydrogens (tertiary/aromatic N) is 1. The number of hydrogen-bond donors (Lipinski definition) is 1. The van der Waals surface area contributed by atoms with E-state index in [1.165, 1.54) is 0 Å². The lowest BCUT2D eigenvalue weighted by Crippen LogP contribution is -2.12. The highest BCUT2D eigenvalue weighted by atomic mass is 16.4. The highest BCUT2D eigenvalue weighted by molar-refractivity contribution is 5.97. The molecule has 3 aromatic rings. The Balaban J connectivity index is 0.00000176. The lowest BCUT2D eigenvalue weighted by molar-refractivity contribution is -0.141. The maximum atomic E-state index is 12.6. The first-order valence-corrected chi connectivity index (χ1v) is 11.1. The summed E-state index contributed by atoms with van der Waals surface area (Å²) in [4.78, 5) is 23.6. The van der Waals surface area contributed by atoms with E-state index >= 15 is 0 Å². The first kappa shape index (κ1) is 24.9. The van der Waals surface area contributed by atoms with Gasteiger partial charge in [0.05, 0.1) is 12.3 Å². The van der Waals surface area contributed by atoms with E-state index in [9.17, 15) is 9.59 Å². The molecule has 2 aromatic carbocycles. The van der Waals surface area contributed by atoms with Crippen LogP contribution in [0.15, 0.2) is 72.9 Å². The van der Waals surface area contributed by atoms with Crippen molar-refractivity contribution in [3.8, 4) is 0 Å². The third kappa shape index (κ3) is 7.38. The summed E-state index contributed by atoms with van der Waals surface area (Å²) >= 11 is 0. The van der Waals surface area contributed by atoms with Gasteiger partial charge in [-0.1, -0.05) is 87.0 Å². The summed E-state index contributed by atoms with van der Waals surface area (Å²) in [5.41, 5.74) is 4.90. The molecule has 4 heteroatoms. The number of aliphatic carboxylic acids is 1. The summed E-state index contributed by atoms with van der Waals surface area (Å²) in [6.45, 7) is 8.39. The lowest BCUT2D eigenvalue weighted by atomic mass is 9.99. The van der Waals surface area contributed by atoms with Crippen molar-refractivity contribution in [3.05, 3.63) is 101 Å². The van der Waals surface area contributed by atoms with Gasteiger partial charge in [-0.15, -0.1) is 0 Å². The Labute approximate surface area is 191 Å². The Hall–Kier alpha value is -3.40. The number of carboxylic acids is 1. The molecule has 3 rings (SSSR count). The minimum atomic E-state index is -0.781. The zero-order chi connectivity index (χ0) is 23.5. The smallest absolute Gasteiger partial charge is 0.306 e. The van der Waals surface area contributed by atoms with E-state index in [2.05, 4.69) is 10.6 Å². The number of allylic oxidation sites excluding steroid dienone is 1. The number of carbonyl (C=O) groups excluding carboxylic acids is 1. The average molecular weight is 432 g/mol. The quantitative estimate of drug-likeness (QED) is 0.409. The van der Waals surface area contributed by atoms with Gasteiger partial charge in [0.25, 0.3) is 0 Å². The number of aromatic nitrogens is 1. The molecule has 1 aromatic heterocycles. The molecule has 4 nitrogen and oxygen atoms in total. The fourth-order valence-corrected chi connectivity index (χ4v) is 3.36. The normalized spacial score (nSPS) is 11.6. The number of hydrogen-bond acceptors (Lipinski definition) is 2. The number of carbonyl (C=O) groups is 2. The van der Waals surface area contributed by atoms with Gasteiger partial charge in [-0.05, 0) is 36.6 Å². The van der Waals surface area contributed by atoms with Crippen molar-refractivity contribution < 1.29 is 14.7 Å². The van der Waals surface area contributed by atoms with Crippen molar-refractivity contribution in [2.24, 2.45) is 5.92 Å². The van der Waals surface area contributed by atoms with Gasteiger partial charge in [0, 0.05) is 24.0 Å². The summed E-state index contributed by atoms with van der Waals surface area (Å²) in [6.07, 6.45) is 6.94. The summed E-state index contributed by atoms with van der Waals surface area (Å²) in [5, 5.41) is 9.09. The molecule has 0 saturated heterocycles. The van der Waals surface area contributed by atoms with Crippen LogP contribution in [0.2, 0.25) is 0 Å². The minimum Gasteiger partial charge on any atom is -0.481 e. The van der Waals surface area contributed by atoms with E-state index in [1.54, 1.807) is 6.92 Å². The number of ketones is 1. The number of aryl methyl sites for hydroxylation is 1. The van der Waals surface area contributed by atoms with Gasteiger partial charge >= 0.3 is 5.97 Å². The molecule has 0 aliphatic heterocycles. The fourth-order valence-electron chi connectivity index (χ4n) is 3.36. The van der Waals surface area contributed by atoms with Gasteiger partial charge in [-0.3, -0.25) is 9.59 Å². The Morgan fingerprint density at radius 3 is 2.44 bits per heavy atom. The van der Waals surface area contributed by atoms with Gasteiger partial charge in [-0.25, -0.2) is 0 Å². The van der Waals surface area contributed by atoms with E-state index in [0.29, 0.717) is 19.4 Å². The molecule has 0 bridgehead atoms. The largest absolute Gasteiger partial charge is 0.481 e. The molecule has 0 aliphatic rings. The van der Waals surface area contributed by atoms with E-state index in [4.69, 9.17) is 5.11 Å². The van der Waals surface area contributed by atoms with Crippen LogP contribution in [0.3, 0.4) is 0 Å². The summed E-state index contributed by atoms with van der Waals surface area (Å²) in [7, 11) is 0. The van der Waals surface area contributed by atoms with E-state index in [-0.39, 0.29) is 5.78 Å². The molecular formula is C28H33NO3. The van der Waals surface area contributed by atoms with Crippen LogP contribution in [0.4, 0.5) is 0 Å². The van der Waals surface area contributed by atoms with Crippen molar-refractivity contribution in [2.75, 3.05) is 0 Å². The molecule has 1 atom stereocenters. The standard InChI is InChI=1S/C26H27NO3.C2H6/c1-19-10-12-23(13-11-19)25(28)18-24-9-5-15-27(24)14-4-8-21-6-3-7-22(17-21)16-20(2)26(29)30;1-2/h3-13,15,17,20H,14,16,18H2,1-2H3,(H,29,30);1-2H3/b8-4+;. The van der Waals surface area contributed by atoms with Gasteiger partial charge in [-0.2, -0.15) is 0 Å². The lowest BCUT2D eigenvalue weighted by Gasteiger charge is -2.08. The van der Waals surface area contributed by atoms with Crippen molar-refractivity contribution in [3.63, 3.8) is 0 Å². The summed E-state index contributed by atoms with van der Waals surface area (Å²) in [6, 6.07) is 19.5. The van der Waals surface area contributed by atoms with Crippen molar-refractivity contribution in [2.45, 2.75) is 47.1 Å². The number of Topliss-reactive ketones (excluding diaryl/α,β-unsaturated/α-hetero) is 1. The highest BCUT2D eigenvalue weighted by Gasteiger charge is 2.11. The molecule has 0 fully saturated rings. The van der Waals surface area contributed by atoms with E-state index in [1.807, 2.05) is 93.7 Å². The van der Waals surface area contributed by atoms with Crippen LogP contribution in [0.1, 0.15) is 53.5 Å². The van der Waals surface area contributed by atoms with Crippen molar-refractivity contribution >= 4 is 17.8 Å². The molecule has 0 amide bonds. The van der Waals surface area contributed by atoms with Crippen molar-refractivity contribution in [1.29, 1.82) is 0 Å². The van der Waals surface area contributed by atoms with Crippen LogP contribution in [-0.4, -0.2) is 21.4 Å². The van der Waals surface area contributed by atoms with E-state index in [0.717, 1.165) is 27.9 Å². The molecule has 0 spiro atoms. The van der Waals surface area contributed by atoms with E-state index < -0.39 is 11.9 Å². The van der Waals surface area contributed by atoms with Gasteiger partial charge in [0.1, 0.15) is 0 Å². The molecule has 1 heterocycles. The Morgan fingerprint density at radius 1 is 1.03 bits per heavy atom. The van der Waals surface area contributed by atoms with Gasteiger partial charge < -0.3 is 9.67 Å². The molecular weight excluding hydrogens is 398 g/mol. The van der Waals surface area contributed by atoms with Crippen LogP contribution in [0.5, 0.6) is 0 Å². The van der Waals surface area contributed by atoms with Crippen LogP contribution in [-0.2, 0) is 24.2 Å². The second-order valence-electron chi connectivity index (χ2n) is 7.71. The van der Waals surface area contributed by atoms with Gasteiger partial charge in [0.2, 0.25) is 0 Å². The number of rotatable bonds is 9. The second-order valence-corrected chi connectivity index (χ2v) is 7.71. The zero-order valence-electron chi connectivity index (χ0n) is 19.4. The first-order chi connectivity index (χ1) is 15.4.